The molecular formula is C11H10FN5O3S. The van der Waals surface area contributed by atoms with Crippen LogP contribution in [-0.2, 0) is 7.05 Å². The molecule has 2 heterocycles. The first-order valence-electron chi connectivity index (χ1n) is 5.67. The Morgan fingerprint density at radius 3 is 2.90 bits per heavy atom. The van der Waals surface area contributed by atoms with Crippen molar-refractivity contribution in [3.05, 3.63) is 43.6 Å². The van der Waals surface area contributed by atoms with E-state index in [0.717, 1.165) is 11.3 Å². The predicted molar refractivity (Wildman–Crippen MR) is 73.9 cm³/mol. The lowest BCUT2D eigenvalue weighted by molar-refractivity contribution is -0.385. The Hall–Kier alpha value is -2.62. The molecular weight excluding hydrogens is 301 g/mol. The van der Waals surface area contributed by atoms with Crippen LogP contribution in [0.3, 0.4) is 0 Å². The molecule has 1 N–H and O–H groups in total. The molecule has 0 saturated heterocycles. The standard InChI is InChI=1S/C11H10FN5O3S/c1-6-10(17(19)20)9(15-16(6)2)11(18)14-13-5-7-3-4-8(12)21-7/h3-5H,1-2H3,(H,14,18)/b13-5-. The molecule has 0 fully saturated rings. The van der Waals surface area contributed by atoms with Crippen LogP contribution in [0.4, 0.5) is 10.1 Å². The molecule has 2 aromatic rings. The van der Waals surface area contributed by atoms with Crippen LogP contribution in [0.5, 0.6) is 0 Å². The van der Waals surface area contributed by atoms with Crippen LogP contribution in [0.15, 0.2) is 17.2 Å². The number of halogens is 1. The first-order chi connectivity index (χ1) is 9.90. The summed E-state index contributed by atoms with van der Waals surface area (Å²) in [5.41, 5.74) is 1.69. The van der Waals surface area contributed by atoms with E-state index in [-0.39, 0.29) is 22.2 Å². The summed E-state index contributed by atoms with van der Waals surface area (Å²) in [6.45, 7) is 1.49. The Morgan fingerprint density at radius 1 is 1.62 bits per heavy atom. The molecule has 0 aliphatic carbocycles. The van der Waals surface area contributed by atoms with Crippen molar-refractivity contribution >= 4 is 29.1 Å². The molecule has 0 saturated carbocycles. The highest BCUT2D eigenvalue weighted by molar-refractivity contribution is 7.12. The van der Waals surface area contributed by atoms with Gasteiger partial charge in [-0.25, -0.2) is 5.43 Å². The zero-order valence-electron chi connectivity index (χ0n) is 11.0. The summed E-state index contributed by atoms with van der Waals surface area (Å²) in [7, 11) is 1.50. The summed E-state index contributed by atoms with van der Waals surface area (Å²) >= 11 is 0.855. The average Bonchev–Trinajstić information content (AvgIpc) is 2.94. The Balaban J connectivity index is 2.16. The maximum absolute atomic E-state index is 12.7. The summed E-state index contributed by atoms with van der Waals surface area (Å²) in [5, 5.41) is 18.0. The Labute approximate surface area is 122 Å². The number of aromatic nitrogens is 2. The van der Waals surface area contributed by atoms with Crippen molar-refractivity contribution in [1.29, 1.82) is 0 Å². The minimum Gasteiger partial charge on any atom is -0.265 e. The molecule has 0 radical (unpaired) electrons. The van der Waals surface area contributed by atoms with Crippen molar-refractivity contribution in [2.75, 3.05) is 0 Å². The molecule has 0 unspecified atom stereocenters. The topological polar surface area (TPSA) is 102 Å². The number of amides is 1. The number of nitrogens with one attached hydrogen (secondary N) is 1. The van der Waals surface area contributed by atoms with E-state index in [0.29, 0.717) is 4.88 Å². The van der Waals surface area contributed by atoms with Crippen LogP contribution in [0.1, 0.15) is 21.1 Å². The van der Waals surface area contributed by atoms with Gasteiger partial charge in [-0.1, -0.05) is 0 Å². The van der Waals surface area contributed by atoms with Crippen LogP contribution in [-0.4, -0.2) is 26.8 Å². The second-order valence-corrected chi connectivity index (χ2v) is 5.07. The summed E-state index contributed by atoms with van der Waals surface area (Å²) in [4.78, 5) is 22.6. The summed E-state index contributed by atoms with van der Waals surface area (Å²) in [6, 6.07) is 2.75. The Bertz CT molecular complexity index is 736. The smallest absolute Gasteiger partial charge is 0.265 e. The first kappa shape index (κ1) is 14.8. The molecule has 0 aliphatic heterocycles. The molecule has 1 amide bonds. The van der Waals surface area contributed by atoms with Crippen molar-refractivity contribution in [3.63, 3.8) is 0 Å². The fourth-order valence-corrected chi connectivity index (χ4v) is 2.18. The quantitative estimate of drug-likeness (QED) is 0.526. The van der Waals surface area contributed by atoms with Crippen LogP contribution >= 0.6 is 11.3 Å². The van der Waals surface area contributed by atoms with Crippen molar-refractivity contribution in [2.24, 2.45) is 12.1 Å². The number of hydrogen-bond donors (Lipinski definition) is 1. The SMILES string of the molecule is Cc1c([N+](=O)[O-])c(C(=O)N/N=C\c2ccc(F)s2)nn1C. The second kappa shape index (κ2) is 5.79. The van der Waals surface area contributed by atoms with E-state index >= 15 is 0 Å². The van der Waals surface area contributed by atoms with E-state index in [1.165, 1.54) is 37.0 Å². The number of aryl methyl sites for hydroxylation is 1. The number of rotatable bonds is 4. The molecule has 0 aliphatic rings. The lowest BCUT2D eigenvalue weighted by Crippen LogP contribution is -2.19. The highest BCUT2D eigenvalue weighted by Gasteiger charge is 2.28. The van der Waals surface area contributed by atoms with Gasteiger partial charge in [0.05, 0.1) is 16.0 Å². The number of nitro groups is 1. The van der Waals surface area contributed by atoms with E-state index in [9.17, 15) is 19.3 Å². The third-order valence-electron chi connectivity index (χ3n) is 2.65. The van der Waals surface area contributed by atoms with Gasteiger partial charge in [0.1, 0.15) is 5.69 Å². The lowest BCUT2D eigenvalue weighted by Gasteiger charge is -1.95. The number of hydrogen-bond acceptors (Lipinski definition) is 6. The van der Waals surface area contributed by atoms with Gasteiger partial charge < -0.3 is 0 Å². The fraction of sp³-hybridized carbons (Fsp3) is 0.182. The minimum absolute atomic E-state index is 0.259. The largest absolute Gasteiger partial charge is 0.322 e. The molecule has 0 bridgehead atoms. The van der Waals surface area contributed by atoms with Gasteiger partial charge in [0, 0.05) is 7.05 Å². The van der Waals surface area contributed by atoms with E-state index in [1.54, 1.807) is 0 Å². The van der Waals surface area contributed by atoms with Crippen molar-refractivity contribution < 1.29 is 14.1 Å². The third-order valence-corrected chi connectivity index (χ3v) is 3.46. The van der Waals surface area contributed by atoms with E-state index in [2.05, 4.69) is 15.6 Å². The van der Waals surface area contributed by atoms with Crippen molar-refractivity contribution in [1.82, 2.24) is 15.2 Å². The normalized spacial score (nSPS) is 11.0. The summed E-state index contributed by atoms with van der Waals surface area (Å²) in [6.07, 6.45) is 1.24. The molecule has 10 heteroatoms. The van der Waals surface area contributed by atoms with Gasteiger partial charge in [-0.3, -0.25) is 19.6 Å². The van der Waals surface area contributed by atoms with Gasteiger partial charge in [0.25, 0.3) is 5.91 Å². The number of nitrogens with zero attached hydrogens (tertiary/aromatic N) is 4. The molecule has 0 spiro atoms. The van der Waals surface area contributed by atoms with Crippen LogP contribution in [0.2, 0.25) is 0 Å². The maximum Gasteiger partial charge on any atom is 0.322 e. The molecule has 2 rings (SSSR count). The minimum atomic E-state index is -0.807. The fourth-order valence-electron chi connectivity index (χ4n) is 1.57. The molecule has 0 aromatic carbocycles. The van der Waals surface area contributed by atoms with Gasteiger partial charge in [-0.2, -0.15) is 14.6 Å². The number of thiophene rings is 1. The van der Waals surface area contributed by atoms with E-state index < -0.39 is 10.8 Å². The van der Waals surface area contributed by atoms with Crippen LogP contribution in [0.25, 0.3) is 0 Å². The molecule has 2 aromatic heterocycles. The molecule has 110 valence electrons. The average molecular weight is 311 g/mol. The number of hydrazone groups is 1. The van der Waals surface area contributed by atoms with Gasteiger partial charge in [0.2, 0.25) is 5.69 Å². The van der Waals surface area contributed by atoms with Gasteiger partial charge in [0.15, 0.2) is 5.13 Å². The van der Waals surface area contributed by atoms with Crippen LogP contribution < -0.4 is 5.43 Å². The van der Waals surface area contributed by atoms with Crippen LogP contribution in [0, 0.1) is 22.2 Å². The van der Waals surface area contributed by atoms with Gasteiger partial charge in [-0.15, -0.1) is 11.3 Å². The lowest BCUT2D eigenvalue weighted by atomic mass is 10.3. The van der Waals surface area contributed by atoms with E-state index in [4.69, 9.17) is 0 Å². The predicted octanol–water partition coefficient (Wildman–Crippen LogP) is 1.60. The Kier molecular flexibility index (Phi) is 4.08. The zero-order valence-corrected chi connectivity index (χ0v) is 11.8. The van der Waals surface area contributed by atoms with Crippen molar-refractivity contribution in [2.45, 2.75) is 6.92 Å². The number of carbonyl (C=O) groups excluding carboxylic acids is 1. The highest BCUT2D eigenvalue weighted by atomic mass is 32.1. The monoisotopic (exact) mass is 311 g/mol. The number of carbonyl (C=O) groups is 1. The summed E-state index contributed by atoms with van der Waals surface area (Å²) in [5.74, 6) is -0.807. The first-order valence-corrected chi connectivity index (χ1v) is 6.48. The highest BCUT2D eigenvalue weighted by Crippen LogP contribution is 2.21. The zero-order chi connectivity index (χ0) is 15.6. The van der Waals surface area contributed by atoms with Gasteiger partial charge in [-0.05, 0) is 19.1 Å². The molecule has 0 atom stereocenters. The van der Waals surface area contributed by atoms with Crippen molar-refractivity contribution in [3.8, 4) is 0 Å². The maximum atomic E-state index is 12.7. The van der Waals surface area contributed by atoms with Gasteiger partial charge >= 0.3 is 5.69 Å². The second-order valence-electron chi connectivity index (χ2n) is 4.00. The van der Waals surface area contributed by atoms with E-state index in [1.807, 2.05) is 0 Å². The Morgan fingerprint density at radius 2 is 2.33 bits per heavy atom. The third kappa shape index (κ3) is 3.11. The molecule has 21 heavy (non-hydrogen) atoms. The molecule has 8 nitrogen and oxygen atoms in total. The summed E-state index contributed by atoms with van der Waals surface area (Å²) < 4.78 is 14.0.